The van der Waals surface area contributed by atoms with E-state index in [9.17, 15) is 9.59 Å². The van der Waals surface area contributed by atoms with Crippen LogP contribution in [-0.2, 0) is 19.1 Å². The molecular weight excluding hydrogens is 208 g/mol. The van der Waals surface area contributed by atoms with Crippen LogP contribution in [-0.4, -0.2) is 17.7 Å². The summed E-state index contributed by atoms with van der Waals surface area (Å²) in [5, 5.41) is 0. The Hall–Kier alpha value is -1.58. The van der Waals surface area contributed by atoms with Crippen LogP contribution in [0.25, 0.3) is 0 Å². The molecule has 0 spiro atoms. The maximum atomic E-state index is 11.2. The molecule has 0 bridgehead atoms. The van der Waals surface area contributed by atoms with Gasteiger partial charge in [0.15, 0.2) is 0 Å². The van der Waals surface area contributed by atoms with Gasteiger partial charge in [0.1, 0.15) is 0 Å². The van der Waals surface area contributed by atoms with Gasteiger partial charge >= 0.3 is 11.9 Å². The van der Waals surface area contributed by atoms with E-state index in [0.29, 0.717) is 0 Å². The molecule has 0 N–H and O–H groups in total. The number of ether oxygens (including phenoxy) is 2. The first kappa shape index (κ1) is 14.4. The fourth-order valence-corrected chi connectivity index (χ4v) is 0.794. The molecular formula is C12H18O4. The van der Waals surface area contributed by atoms with Crippen molar-refractivity contribution in [2.45, 2.75) is 33.5 Å². The highest BCUT2D eigenvalue weighted by atomic mass is 16.7. The molecule has 0 amide bonds. The van der Waals surface area contributed by atoms with E-state index >= 15 is 0 Å². The SMILES string of the molecule is C=CC(=O)OC(C)(OC(=O)C=C)C(C)(C)C. The number of carbonyl (C=O) groups is 2. The highest BCUT2D eigenvalue weighted by molar-refractivity contribution is 5.83. The molecule has 4 nitrogen and oxygen atoms in total. The van der Waals surface area contributed by atoms with Crippen molar-refractivity contribution >= 4 is 11.9 Å². The first-order chi connectivity index (χ1) is 7.16. The minimum atomic E-state index is -1.36. The molecule has 0 atom stereocenters. The average molecular weight is 226 g/mol. The number of hydrogen-bond acceptors (Lipinski definition) is 4. The zero-order valence-corrected chi connectivity index (χ0v) is 10.2. The van der Waals surface area contributed by atoms with E-state index in [1.807, 2.05) is 0 Å². The molecule has 0 saturated carbocycles. The molecule has 0 aliphatic carbocycles. The first-order valence-electron chi connectivity index (χ1n) is 4.87. The molecule has 0 aromatic carbocycles. The van der Waals surface area contributed by atoms with E-state index in [1.54, 1.807) is 20.8 Å². The van der Waals surface area contributed by atoms with Crippen LogP contribution < -0.4 is 0 Å². The van der Waals surface area contributed by atoms with Gasteiger partial charge in [-0.25, -0.2) is 9.59 Å². The van der Waals surface area contributed by atoms with Crippen molar-refractivity contribution in [2.75, 3.05) is 0 Å². The van der Waals surface area contributed by atoms with E-state index in [-0.39, 0.29) is 0 Å². The Kier molecular flexibility index (Phi) is 4.47. The van der Waals surface area contributed by atoms with E-state index < -0.39 is 23.1 Å². The van der Waals surface area contributed by atoms with Crippen molar-refractivity contribution in [2.24, 2.45) is 5.41 Å². The lowest BCUT2D eigenvalue weighted by atomic mass is 9.86. The van der Waals surface area contributed by atoms with Crippen molar-refractivity contribution in [3.63, 3.8) is 0 Å². The topological polar surface area (TPSA) is 52.6 Å². The van der Waals surface area contributed by atoms with E-state index in [4.69, 9.17) is 9.47 Å². The molecule has 0 unspecified atom stereocenters. The third-order valence-electron chi connectivity index (χ3n) is 2.29. The van der Waals surface area contributed by atoms with Crippen molar-refractivity contribution in [3.8, 4) is 0 Å². The molecule has 0 aliphatic heterocycles. The van der Waals surface area contributed by atoms with Gasteiger partial charge in [-0.05, 0) is 0 Å². The minimum Gasteiger partial charge on any atom is -0.419 e. The van der Waals surface area contributed by atoms with E-state index in [0.717, 1.165) is 12.2 Å². The molecule has 0 rings (SSSR count). The third-order valence-corrected chi connectivity index (χ3v) is 2.29. The van der Waals surface area contributed by atoms with Gasteiger partial charge < -0.3 is 9.47 Å². The second-order valence-electron chi connectivity index (χ2n) is 4.45. The summed E-state index contributed by atoms with van der Waals surface area (Å²) in [5.41, 5.74) is -0.565. The van der Waals surface area contributed by atoms with Crippen molar-refractivity contribution in [3.05, 3.63) is 25.3 Å². The Balaban J connectivity index is 5.03. The van der Waals surface area contributed by atoms with Gasteiger partial charge in [0.2, 0.25) is 0 Å². The lowest BCUT2D eigenvalue weighted by molar-refractivity contribution is -0.250. The molecule has 4 heteroatoms. The van der Waals surface area contributed by atoms with Gasteiger partial charge in [-0.3, -0.25) is 0 Å². The molecule has 0 radical (unpaired) electrons. The zero-order valence-electron chi connectivity index (χ0n) is 10.2. The number of rotatable bonds is 4. The Morgan fingerprint density at radius 2 is 1.25 bits per heavy atom. The summed E-state index contributed by atoms with van der Waals surface area (Å²) < 4.78 is 10.2. The highest BCUT2D eigenvalue weighted by Gasteiger charge is 2.44. The second-order valence-corrected chi connectivity index (χ2v) is 4.45. The smallest absolute Gasteiger partial charge is 0.333 e. The van der Waals surface area contributed by atoms with Gasteiger partial charge in [-0.1, -0.05) is 33.9 Å². The summed E-state index contributed by atoms with van der Waals surface area (Å²) in [6.45, 7) is 13.5. The van der Waals surface area contributed by atoms with Crippen LogP contribution in [0.2, 0.25) is 0 Å². The summed E-state index contributed by atoms with van der Waals surface area (Å²) in [7, 11) is 0. The number of hydrogen-bond donors (Lipinski definition) is 0. The predicted octanol–water partition coefficient (Wildman–Crippen LogP) is 2.21. The summed E-state index contributed by atoms with van der Waals surface area (Å²) in [6, 6.07) is 0. The van der Waals surface area contributed by atoms with Gasteiger partial charge in [0.25, 0.3) is 5.79 Å². The Bertz CT molecular complexity index is 287. The molecule has 0 saturated heterocycles. The fourth-order valence-electron chi connectivity index (χ4n) is 0.794. The Labute approximate surface area is 95.9 Å². The summed E-state index contributed by atoms with van der Waals surface area (Å²) in [6.07, 6.45) is 2.04. The lowest BCUT2D eigenvalue weighted by Gasteiger charge is -2.39. The van der Waals surface area contributed by atoms with Crippen LogP contribution in [0.15, 0.2) is 25.3 Å². The number of esters is 2. The predicted molar refractivity (Wildman–Crippen MR) is 60.4 cm³/mol. The van der Waals surface area contributed by atoms with Crippen molar-refractivity contribution in [1.82, 2.24) is 0 Å². The van der Waals surface area contributed by atoms with Crippen LogP contribution in [0.3, 0.4) is 0 Å². The summed E-state index contributed by atoms with van der Waals surface area (Å²) in [5.74, 6) is -2.65. The maximum Gasteiger partial charge on any atom is 0.333 e. The monoisotopic (exact) mass is 226 g/mol. The van der Waals surface area contributed by atoms with Crippen LogP contribution in [0.4, 0.5) is 0 Å². The molecule has 90 valence electrons. The van der Waals surface area contributed by atoms with Crippen LogP contribution >= 0.6 is 0 Å². The van der Waals surface area contributed by atoms with E-state index in [2.05, 4.69) is 13.2 Å². The number of carbonyl (C=O) groups excluding carboxylic acids is 2. The molecule has 0 aromatic rings. The summed E-state index contributed by atoms with van der Waals surface area (Å²) in [4.78, 5) is 22.4. The second kappa shape index (κ2) is 4.96. The van der Waals surface area contributed by atoms with Crippen molar-refractivity contribution < 1.29 is 19.1 Å². The van der Waals surface area contributed by atoms with Gasteiger partial charge in [-0.2, -0.15) is 0 Å². The fraction of sp³-hybridized carbons (Fsp3) is 0.500. The maximum absolute atomic E-state index is 11.2. The molecule has 0 heterocycles. The lowest BCUT2D eigenvalue weighted by Crippen LogP contribution is -2.47. The third kappa shape index (κ3) is 3.53. The Morgan fingerprint density at radius 3 is 1.44 bits per heavy atom. The van der Waals surface area contributed by atoms with E-state index in [1.165, 1.54) is 6.92 Å². The molecule has 0 fully saturated rings. The van der Waals surface area contributed by atoms with Gasteiger partial charge in [0.05, 0.1) is 0 Å². The van der Waals surface area contributed by atoms with Gasteiger partial charge in [-0.15, -0.1) is 0 Å². The summed E-state index contributed by atoms with van der Waals surface area (Å²) >= 11 is 0. The molecule has 16 heavy (non-hydrogen) atoms. The van der Waals surface area contributed by atoms with Gasteiger partial charge in [0, 0.05) is 24.5 Å². The first-order valence-corrected chi connectivity index (χ1v) is 4.87. The highest BCUT2D eigenvalue weighted by Crippen LogP contribution is 2.35. The zero-order chi connectivity index (χ0) is 13.0. The van der Waals surface area contributed by atoms with Crippen LogP contribution in [0.5, 0.6) is 0 Å². The molecule has 0 aliphatic rings. The molecule has 0 aromatic heterocycles. The normalized spacial score (nSPS) is 11.5. The largest absolute Gasteiger partial charge is 0.419 e. The van der Waals surface area contributed by atoms with Crippen LogP contribution in [0, 0.1) is 5.41 Å². The Morgan fingerprint density at radius 1 is 0.938 bits per heavy atom. The quantitative estimate of drug-likeness (QED) is 0.419. The van der Waals surface area contributed by atoms with Crippen LogP contribution in [0.1, 0.15) is 27.7 Å². The standard InChI is InChI=1S/C12H18O4/c1-7-9(13)15-12(6,11(3,4)5)16-10(14)8-2/h7-8H,1-2H2,3-6H3. The van der Waals surface area contributed by atoms with Crippen molar-refractivity contribution in [1.29, 1.82) is 0 Å². The average Bonchev–Trinajstić information content (AvgIpc) is 2.15. The minimum absolute atomic E-state index is 0.565.